The van der Waals surface area contributed by atoms with Crippen molar-refractivity contribution in [2.75, 3.05) is 17.2 Å². The first-order chi connectivity index (χ1) is 16.6. The van der Waals surface area contributed by atoms with Crippen LogP contribution in [-0.2, 0) is 0 Å². The predicted octanol–water partition coefficient (Wildman–Crippen LogP) is 5.51. The van der Waals surface area contributed by atoms with E-state index in [1.54, 1.807) is 11.3 Å². The molecule has 1 aliphatic rings. The quantitative estimate of drug-likeness (QED) is 0.310. The van der Waals surface area contributed by atoms with Gasteiger partial charge in [0.15, 0.2) is 0 Å². The van der Waals surface area contributed by atoms with E-state index in [-0.39, 0.29) is 12.6 Å². The molecule has 1 saturated carbocycles. The molecule has 4 atom stereocenters. The average molecular weight is 500 g/mol. The summed E-state index contributed by atoms with van der Waals surface area (Å²) in [5.74, 6) is 1.38. The molecule has 188 valence electrons. The zero-order valence-corrected chi connectivity index (χ0v) is 21.5. The molecular formula is C26H34FN5O2S. The highest BCUT2D eigenvalue weighted by Crippen LogP contribution is 2.34. The summed E-state index contributed by atoms with van der Waals surface area (Å²) in [4.78, 5) is 21.7. The summed E-state index contributed by atoms with van der Waals surface area (Å²) in [6.07, 6.45) is 3.43. The Morgan fingerprint density at radius 3 is 2.80 bits per heavy atom. The normalized spacial score (nSPS) is 19.9. The van der Waals surface area contributed by atoms with Crippen LogP contribution in [-0.4, -0.2) is 45.3 Å². The number of aromatic nitrogens is 2. The van der Waals surface area contributed by atoms with E-state index in [2.05, 4.69) is 39.8 Å². The number of hydrogen-bond acceptors (Lipinski definition) is 7. The van der Waals surface area contributed by atoms with Crippen molar-refractivity contribution < 1.29 is 14.3 Å². The Hall–Kier alpha value is -2.78. The van der Waals surface area contributed by atoms with E-state index < -0.39 is 17.7 Å². The van der Waals surface area contributed by atoms with Gasteiger partial charge in [-0.05, 0) is 63.6 Å². The predicted molar refractivity (Wildman–Crippen MR) is 140 cm³/mol. The summed E-state index contributed by atoms with van der Waals surface area (Å²) >= 11 is 1.57. The molecule has 2 aromatic heterocycles. The number of carbonyl (C=O) groups excluding carboxylic acids is 1. The Morgan fingerprint density at radius 2 is 2.09 bits per heavy atom. The number of benzene rings is 1. The number of amides is 1. The lowest BCUT2D eigenvalue weighted by atomic mass is 9.98. The van der Waals surface area contributed by atoms with Crippen LogP contribution in [0.1, 0.15) is 57.3 Å². The van der Waals surface area contributed by atoms with Gasteiger partial charge in [0.1, 0.15) is 12.0 Å². The first-order valence-electron chi connectivity index (χ1n) is 12.1. The van der Waals surface area contributed by atoms with Crippen molar-refractivity contribution in [3.63, 3.8) is 0 Å². The second-order valence-corrected chi connectivity index (χ2v) is 11.1. The van der Waals surface area contributed by atoms with E-state index in [1.165, 1.54) is 26.5 Å². The van der Waals surface area contributed by atoms with Crippen LogP contribution in [0.3, 0.4) is 0 Å². The number of pyridine rings is 1. The van der Waals surface area contributed by atoms with E-state index in [9.17, 15) is 14.3 Å². The zero-order chi connectivity index (χ0) is 25.2. The van der Waals surface area contributed by atoms with E-state index in [4.69, 9.17) is 0 Å². The molecule has 1 aliphatic carbocycles. The van der Waals surface area contributed by atoms with Gasteiger partial charge < -0.3 is 21.1 Å². The first-order valence-corrected chi connectivity index (χ1v) is 13.0. The van der Waals surface area contributed by atoms with Crippen LogP contribution in [0.5, 0.6) is 0 Å². The lowest BCUT2D eigenvalue weighted by molar-refractivity contribution is -0.00177. The minimum Gasteiger partial charge on any atom is -0.387 e. The van der Waals surface area contributed by atoms with Crippen LogP contribution in [0.2, 0.25) is 0 Å². The fourth-order valence-electron chi connectivity index (χ4n) is 4.50. The minimum atomic E-state index is -1.59. The van der Waals surface area contributed by atoms with Crippen LogP contribution in [0.25, 0.3) is 10.2 Å². The Labute approximate surface area is 209 Å². The highest BCUT2D eigenvalue weighted by atomic mass is 32.1. The van der Waals surface area contributed by atoms with Crippen LogP contribution < -0.4 is 16.0 Å². The molecule has 0 radical (unpaired) electrons. The van der Waals surface area contributed by atoms with Gasteiger partial charge in [-0.1, -0.05) is 13.3 Å². The van der Waals surface area contributed by atoms with E-state index >= 15 is 0 Å². The van der Waals surface area contributed by atoms with E-state index in [0.29, 0.717) is 28.9 Å². The van der Waals surface area contributed by atoms with Gasteiger partial charge in [0.25, 0.3) is 5.91 Å². The van der Waals surface area contributed by atoms with Crippen LogP contribution in [0.4, 0.5) is 21.6 Å². The van der Waals surface area contributed by atoms with Gasteiger partial charge in [-0.15, -0.1) is 11.3 Å². The molecule has 7 nitrogen and oxygen atoms in total. The molecule has 4 rings (SSSR count). The zero-order valence-electron chi connectivity index (χ0n) is 20.6. The molecule has 4 N–H and O–H groups in total. The summed E-state index contributed by atoms with van der Waals surface area (Å²) in [6.45, 7) is 6.89. The van der Waals surface area contributed by atoms with Gasteiger partial charge in [0.2, 0.25) is 0 Å². The summed E-state index contributed by atoms with van der Waals surface area (Å²) in [5.41, 5.74) is 3.08. The molecule has 0 saturated heterocycles. The van der Waals surface area contributed by atoms with Crippen molar-refractivity contribution in [3.8, 4) is 0 Å². The Morgan fingerprint density at radius 1 is 1.29 bits per heavy atom. The lowest BCUT2D eigenvalue weighted by Crippen LogP contribution is -2.42. The van der Waals surface area contributed by atoms with Crippen molar-refractivity contribution in [2.45, 2.75) is 64.8 Å². The summed E-state index contributed by atoms with van der Waals surface area (Å²) < 4.78 is 15.3. The van der Waals surface area contributed by atoms with E-state index in [0.717, 1.165) is 28.7 Å². The third kappa shape index (κ3) is 6.27. The maximum atomic E-state index is 14.2. The number of anilines is 3. The fraction of sp³-hybridized carbons (Fsp3) is 0.500. The van der Waals surface area contributed by atoms with Crippen molar-refractivity contribution in [2.24, 2.45) is 11.8 Å². The number of thiazole rings is 1. The number of halogens is 1. The van der Waals surface area contributed by atoms with Crippen molar-refractivity contribution >= 4 is 44.7 Å². The largest absolute Gasteiger partial charge is 0.387 e. The number of carbonyl (C=O) groups is 1. The first kappa shape index (κ1) is 25.3. The monoisotopic (exact) mass is 499 g/mol. The topological polar surface area (TPSA) is 99.2 Å². The fourth-order valence-corrected chi connectivity index (χ4v) is 5.22. The molecule has 9 heteroatoms. The maximum Gasteiger partial charge on any atom is 0.255 e. The molecule has 3 unspecified atom stereocenters. The molecule has 1 fully saturated rings. The number of alkyl halides is 1. The third-order valence-corrected chi connectivity index (χ3v) is 7.58. The number of rotatable bonds is 9. The molecule has 1 aromatic carbocycles. The van der Waals surface area contributed by atoms with Gasteiger partial charge in [-0.25, -0.2) is 14.4 Å². The second-order valence-electron chi connectivity index (χ2n) is 10.2. The molecule has 35 heavy (non-hydrogen) atoms. The van der Waals surface area contributed by atoms with Gasteiger partial charge in [0, 0.05) is 24.0 Å². The number of fused-ring (bicyclic) bond motifs is 1. The van der Waals surface area contributed by atoms with Crippen LogP contribution in [0, 0.1) is 11.8 Å². The Kier molecular flexibility index (Phi) is 7.56. The molecular weight excluding hydrogens is 465 g/mol. The van der Waals surface area contributed by atoms with Gasteiger partial charge in [0.05, 0.1) is 39.1 Å². The summed E-state index contributed by atoms with van der Waals surface area (Å²) in [6, 6.07) is 7.90. The smallest absolute Gasteiger partial charge is 0.255 e. The summed E-state index contributed by atoms with van der Waals surface area (Å²) in [7, 11) is 0. The van der Waals surface area contributed by atoms with Crippen LogP contribution >= 0.6 is 11.3 Å². The Balaban J connectivity index is 1.55. The average Bonchev–Trinajstić information content (AvgIpc) is 3.45. The maximum absolute atomic E-state index is 14.2. The van der Waals surface area contributed by atoms with Crippen molar-refractivity contribution in [3.05, 3.63) is 41.5 Å². The summed E-state index contributed by atoms with van der Waals surface area (Å²) in [5, 5.41) is 19.3. The molecule has 2 heterocycles. The van der Waals surface area contributed by atoms with E-state index in [1.807, 2.05) is 29.8 Å². The molecule has 0 aliphatic heterocycles. The van der Waals surface area contributed by atoms with Crippen LogP contribution in [0.15, 0.2) is 36.0 Å². The van der Waals surface area contributed by atoms with Gasteiger partial charge in [-0.3, -0.25) is 4.79 Å². The SMILES string of the molecule is CC1CCC(C(C)Nc2cc(Nc3ccc4ncsc4c3)ncc2C(=O)NC[C@@H](F)C(C)(C)O)C1. The van der Waals surface area contributed by atoms with Crippen molar-refractivity contribution in [1.29, 1.82) is 0 Å². The third-order valence-electron chi connectivity index (χ3n) is 6.79. The molecule has 1 amide bonds. The Bertz CT molecular complexity index is 1180. The van der Waals surface area contributed by atoms with Gasteiger partial charge >= 0.3 is 0 Å². The van der Waals surface area contributed by atoms with Crippen molar-refractivity contribution in [1.82, 2.24) is 15.3 Å². The number of nitrogens with one attached hydrogen (secondary N) is 3. The highest BCUT2D eigenvalue weighted by Gasteiger charge is 2.29. The van der Waals surface area contributed by atoms with Gasteiger partial charge in [-0.2, -0.15) is 0 Å². The number of hydrogen-bond donors (Lipinski definition) is 4. The lowest BCUT2D eigenvalue weighted by Gasteiger charge is -2.25. The molecule has 0 bridgehead atoms. The number of aliphatic hydroxyl groups is 1. The molecule has 3 aromatic rings. The minimum absolute atomic E-state index is 0.167. The standard InChI is InChI=1S/C26H34FN5O2S/c1-15-5-6-17(9-15)16(2)31-21-11-24(32-18-7-8-20-22(10-18)35-14-30-20)28-12-19(21)25(33)29-13-23(27)26(3,4)34/h7-8,10-12,14-17,23,34H,5-6,9,13H2,1-4H3,(H,29,33)(H2,28,31,32)/t15?,16?,17?,23-/m1/s1. The highest BCUT2D eigenvalue weighted by molar-refractivity contribution is 7.16. The number of nitrogens with zero attached hydrogens (tertiary/aromatic N) is 2. The molecule has 0 spiro atoms. The second kappa shape index (κ2) is 10.5.